The Morgan fingerprint density at radius 2 is 2.05 bits per heavy atom. The number of hydrogen-bond acceptors (Lipinski definition) is 2. The molecule has 0 aromatic carbocycles. The second kappa shape index (κ2) is 6.51. The monoisotopic (exact) mass is 289 g/mol. The highest BCUT2D eigenvalue weighted by Crippen LogP contribution is 2.39. The molecule has 1 heterocycles. The lowest BCUT2D eigenvalue weighted by Crippen LogP contribution is -2.36. The molecular formula is C18H31N3. The topological polar surface area (TPSA) is 29.9 Å². The minimum atomic E-state index is 0.804. The molecule has 21 heavy (non-hydrogen) atoms. The first-order chi connectivity index (χ1) is 10.1. The standard InChI is InChI=1S/C18H31N3/c1-13(2)14-4-5-15(12-20-17-6-7-17)16(10-14)11-18-19-8-9-21(18)3/h8-9,13-17,20H,4-7,10-12H2,1-3H3. The van der Waals surface area contributed by atoms with E-state index in [4.69, 9.17) is 0 Å². The molecule has 3 heteroatoms. The Hall–Kier alpha value is -0.830. The first-order valence-corrected chi connectivity index (χ1v) is 8.83. The van der Waals surface area contributed by atoms with Gasteiger partial charge in [-0.3, -0.25) is 0 Å². The van der Waals surface area contributed by atoms with E-state index in [0.29, 0.717) is 0 Å². The van der Waals surface area contributed by atoms with Gasteiger partial charge in [0.25, 0.3) is 0 Å². The molecular weight excluding hydrogens is 258 g/mol. The van der Waals surface area contributed by atoms with E-state index >= 15 is 0 Å². The van der Waals surface area contributed by atoms with Crippen LogP contribution >= 0.6 is 0 Å². The van der Waals surface area contributed by atoms with E-state index in [1.807, 2.05) is 6.20 Å². The van der Waals surface area contributed by atoms with E-state index in [1.54, 1.807) is 0 Å². The lowest BCUT2D eigenvalue weighted by Gasteiger charge is -2.38. The summed E-state index contributed by atoms with van der Waals surface area (Å²) in [5.74, 6) is 4.65. The molecule has 3 nitrogen and oxygen atoms in total. The Morgan fingerprint density at radius 1 is 1.24 bits per heavy atom. The molecule has 0 radical (unpaired) electrons. The third kappa shape index (κ3) is 3.88. The van der Waals surface area contributed by atoms with Crippen LogP contribution in [0.2, 0.25) is 0 Å². The van der Waals surface area contributed by atoms with E-state index in [-0.39, 0.29) is 0 Å². The van der Waals surface area contributed by atoms with Crippen molar-refractivity contribution in [3.8, 4) is 0 Å². The third-order valence-corrected chi connectivity index (χ3v) is 5.74. The molecule has 0 saturated heterocycles. The highest BCUT2D eigenvalue weighted by Gasteiger charge is 2.33. The van der Waals surface area contributed by atoms with Crippen molar-refractivity contribution < 1.29 is 0 Å². The molecule has 0 spiro atoms. The smallest absolute Gasteiger partial charge is 0.108 e. The molecule has 3 unspecified atom stereocenters. The fraction of sp³-hybridized carbons (Fsp3) is 0.833. The predicted molar refractivity (Wildman–Crippen MR) is 87.1 cm³/mol. The Labute approximate surface area is 129 Å². The lowest BCUT2D eigenvalue weighted by molar-refractivity contribution is 0.142. The second-order valence-corrected chi connectivity index (χ2v) is 7.68. The molecule has 2 fully saturated rings. The van der Waals surface area contributed by atoms with E-state index < -0.39 is 0 Å². The Kier molecular flexibility index (Phi) is 4.68. The molecule has 3 rings (SSSR count). The van der Waals surface area contributed by atoms with Gasteiger partial charge in [-0.1, -0.05) is 13.8 Å². The van der Waals surface area contributed by atoms with Gasteiger partial charge in [-0.2, -0.15) is 0 Å². The van der Waals surface area contributed by atoms with Crippen molar-refractivity contribution in [3.63, 3.8) is 0 Å². The van der Waals surface area contributed by atoms with Crippen molar-refractivity contribution in [1.82, 2.24) is 14.9 Å². The molecule has 1 aromatic rings. The summed E-state index contributed by atoms with van der Waals surface area (Å²) in [5.41, 5.74) is 0. The van der Waals surface area contributed by atoms with Crippen LogP contribution in [-0.4, -0.2) is 22.1 Å². The Morgan fingerprint density at radius 3 is 2.67 bits per heavy atom. The number of aryl methyl sites for hydroxylation is 1. The number of nitrogens with one attached hydrogen (secondary N) is 1. The summed E-state index contributed by atoms with van der Waals surface area (Å²) in [6, 6.07) is 0.835. The SMILES string of the molecule is CC(C)C1CCC(CNC2CC2)C(Cc2nccn2C)C1. The molecule has 1 aromatic heterocycles. The zero-order valence-corrected chi connectivity index (χ0v) is 13.9. The number of imidazole rings is 1. The van der Waals surface area contributed by atoms with E-state index in [2.05, 4.69) is 42.0 Å². The van der Waals surface area contributed by atoms with Crippen LogP contribution in [0.5, 0.6) is 0 Å². The van der Waals surface area contributed by atoms with Gasteiger partial charge in [-0.25, -0.2) is 4.98 Å². The molecule has 3 atom stereocenters. The van der Waals surface area contributed by atoms with Crippen molar-refractivity contribution in [1.29, 1.82) is 0 Å². The second-order valence-electron chi connectivity index (χ2n) is 7.68. The largest absolute Gasteiger partial charge is 0.338 e. The highest BCUT2D eigenvalue weighted by molar-refractivity contribution is 4.96. The number of aromatic nitrogens is 2. The molecule has 2 saturated carbocycles. The van der Waals surface area contributed by atoms with Gasteiger partial charge < -0.3 is 9.88 Å². The van der Waals surface area contributed by atoms with Crippen LogP contribution in [0.15, 0.2) is 12.4 Å². The zero-order valence-electron chi connectivity index (χ0n) is 13.9. The first kappa shape index (κ1) is 15.1. The summed E-state index contributed by atoms with van der Waals surface area (Å²) in [5, 5.41) is 3.77. The maximum atomic E-state index is 4.56. The maximum Gasteiger partial charge on any atom is 0.108 e. The van der Waals surface area contributed by atoms with Crippen LogP contribution in [0, 0.1) is 23.7 Å². The average molecular weight is 289 g/mol. The summed E-state index contributed by atoms with van der Waals surface area (Å²) in [6.07, 6.45) is 12.2. The number of rotatable bonds is 6. The third-order valence-electron chi connectivity index (χ3n) is 5.74. The van der Waals surface area contributed by atoms with Gasteiger partial charge in [-0.05, 0) is 62.3 Å². The summed E-state index contributed by atoms with van der Waals surface area (Å²) in [7, 11) is 2.13. The summed E-state index contributed by atoms with van der Waals surface area (Å²) in [6.45, 7) is 6.01. The predicted octanol–water partition coefficient (Wildman–Crippen LogP) is 3.40. The van der Waals surface area contributed by atoms with Gasteiger partial charge in [0, 0.05) is 31.9 Å². The van der Waals surface area contributed by atoms with Crippen LogP contribution in [0.25, 0.3) is 0 Å². The average Bonchev–Trinajstić information content (AvgIpc) is 3.21. The van der Waals surface area contributed by atoms with Crippen LogP contribution in [0.4, 0.5) is 0 Å². The fourth-order valence-corrected chi connectivity index (χ4v) is 3.92. The van der Waals surface area contributed by atoms with Gasteiger partial charge >= 0.3 is 0 Å². The molecule has 1 N–H and O–H groups in total. The van der Waals surface area contributed by atoms with Crippen molar-refractivity contribution in [2.24, 2.45) is 30.7 Å². The molecule has 118 valence electrons. The zero-order chi connectivity index (χ0) is 14.8. The van der Waals surface area contributed by atoms with Gasteiger partial charge in [-0.15, -0.1) is 0 Å². The van der Waals surface area contributed by atoms with Crippen LogP contribution in [0.1, 0.15) is 51.8 Å². The lowest BCUT2D eigenvalue weighted by atomic mass is 9.69. The molecule has 0 bridgehead atoms. The van der Waals surface area contributed by atoms with Crippen molar-refractivity contribution >= 4 is 0 Å². The normalized spacial score (nSPS) is 30.0. The number of nitrogens with zero attached hydrogens (tertiary/aromatic N) is 2. The number of hydrogen-bond donors (Lipinski definition) is 1. The fourth-order valence-electron chi connectivity index (χ4n) is 3.92. The Bertz CT molecular complexity index is 447. The molecule has 2 aliphatic rings. The summed E-state index contributed by atoms with van der Waals surface area (Å²) >= 11 is 0. The molecule has 2 aliphatic carbocycles. The highest BCUT2D eigenvalue weighted by atomic mass is 15.0. The van der Waals surface area contributed by atoms with Crippen LogP contribution in [-0.2, 0) is 13.5 Å². The van der Waals surface area contributed by atoms with Crippen molar-refractivity contribution in [2.75, 3.05) is 6.54 Å². The van der Waals surface area contributed by atoms with E-state index in [9.17, 15) is 0 Å². The van der Waals surface area contributed by atoms with Crippen LogP contribution < -0.4 is 5.32 Å². The molecule has 0 aliphatic heterocycles. The Balaban J connectivity index is 1.64. The summed E-state index contributed by atoms with van der Waals surface area (Å²) < 4.78 is 2.20. The minimum absolute atomic E-state index is 0.804. The van der Waals surface area contributed by atoms with Crippen molar-refractivity contribution in [2.45, 2.75) is 58.4 Å². The summed E-state index contributed by atoms with van der Waals surface area (Å²) in [4.78, 5) is 4.56. The van der Waals surface area contributed by atoms with Gasteiger partial charge in [0.05, 0.1) is 0 Å². The van der Waals surface area contributed by atoms with Crippen molar-refractivity contribution in [3.05, 3.63) is 18.2 Å². The van der Waals surface area contributed by atoms with Gasteiger partial charge in [0.15, 0.2) is 0 Å². The maximum absolute atomic E-state index is 4.56. The van der Waals surface area contributed by atoms with E-state index in [1.165, 1.54) is 44.5 Å². The minimum Gasteiger partial charge on any atom is -0.338 e. The quantitative estimate of drug-likeness (QED) is 0.870. The van der Waals surface area contributed by atoms with Gasteiger partial charge in [0.2, 0.25) is 0 Å². The van der Waals surface area contributed by atoms with Crippen LogP contribution in [0.3, 0.4) is 0 Å². The van der Waals surface area contributed by atoms with E-state index in [0.717, 1.165) is 36.1 Å². The first-order valence-electron chi connectivity index (χ1n) is 8.83. The van der Waals surface area contributed by atoms with Gasteiger partial charge in [0.1, 0.15) is 5.82 Å². The molecule has 0 amide bonds.